The van der Waals surface area contributed by atoms with Gasteiger partial charge in [0.1, 0.15) is 4.90 Å². The van der Waals surface area contributed by atoms with E-state index in [1.54, 1.807) is 6.07 Å². The molecular formula is C16H23N3O4S. The van der Waals surface area contributed by atoms with Crippen molar-refractivity contribution in [1.82, 2.24) is 4.31 Å². The lowest BCUT2D eigenvalue weighted by atomic mass is 10.2. The normalized spacial score (nSPS) is 20.1. The Kier molecular flexibility index (Phi) is 5.05. The number of nitrogens with zero attached hydrogens (tertiary/aromatic N) is 3. The van der Waals surface area contributed by atoms with Gasteiger partial charge >= 0.3 is 0 Å². The van der Waals surface area contributed by atoms with E-state index in [0.717, 1.165) is 51.6 Å². The Morgan fingerprint density at radius 2 is 1.50 bits per heavy atom. The molecule has 0 amide bonds. The van der Waals surface area contributed by atoms with E-state index in [0.29, 0.717) is 18.8 Å². The van der Waals surface area contributed by atoms with Crippen molar-refractivity contribution in [3.05, 3.63) is 28.3 Å². The Bertz CT molecular complexity index is 706. The van der Waals surface area contributed by atoms with Crippen LogP contribution in [0.25, 0.3) is 0 Å². The molecule has 0 N–H and O–H groups in total. The fourth-order valence-electron chi connectivity index (χ4n) is 3.46. The van der Waals surface area contributed by atoms with E-state index in [-0.39, 0.29) is 10.6 Å². The highest BCUT2D eigenvalue weighted by molar-refractivity contribution is 7.89. The second-order valence-electron chi connectivity index (χ2n) is 6.42. The fraction of sp³-hybridized carbons (Fsp3) is 0.625. The average molecular weight is 353 g/mol. The van der Waals surface area contributed by atoms with Gasteiger partial charge in [0.05, 0.1) is 10.6 Å². The molecule has 0 radical (unpaired) electrons. The van der Waals surface area contributed by atoms with Crippen LogP contribution in [-0.2, 0) is 10.0 Å². The van der Waals surface area contributed by atoms with Crippen LogP contribution in [0, 0.1) is 10.1 Å². The number of hydrogen-bond donors (Lipinski definition) is 0. The van der Waals surface area contributed by atoms with Crippen LogP contribution in [0.3, 0.4) is 0 Å². The van der Waals surface area contributed by atoms with Crippen molar-refractivity contribution >= 4 is 21.4 Å². The smallest absolute Gasteiger partial charge is 0.270 e. The molecule has 2 heterocycles. The molecule has 7 nitrogen and oxygen atoms in total. The van der Waals surface area contributed by atoms with Gasteiger partial charge in [-0.3, -0.25) is 10.1 Å². The first kappa shape index (κ1) is 17.2. The van der Waals surface area contributed by atoms with Crippen LogP contribution in [0.1, 0.15) is 38.5 Å². The van der Waals surface area contributed by atoms with Crippen molar-refractivity contribution in [2.45, 2.75) is 43.4 Å². The molecule has 1 aromatic rings. The summed E-state index contributed by atoms with van der Waals surface area (Å²) in [6.07, 6.45) is 5.98. The fourth-order valence-corrected chi connectivity index (χ4v) is 5.21. The first-order valence-electron chi connectivity index (χ1n) is 8.54. The van der Waals surface area contributed by atoms with Gasteiger partial charge in [0.15, 0.2) is 0 Å². The lowest BCUT2D eigenvalue weighted by Gasteiger charge is -2.26. The van der Waals surface area contributed by atoms with Gasteiger partial charge in [-0.15, -0.1) is 0 Å². The molecule has 0 saturated carbocycles. The highest BCUT2D eigenvalue weighted by Crippen LogP contribution is 2.34. The van der Waals surface area contributed by atoms with Crippen molar-refractivity contribution in [3.8, 4) is 0 Å². The lowest BCUT2D eigenvalue weighted by molar-refractivity contribution is -0.385. The van der Waals surface area contributed by atoms with E-state index in [1.807, 2.05) is 0 Å². The molecule has 3 rings (SSSR count). The van der Waals surface area contributed by atoms with E-state index >= 15 is 0 Å². The van der Waals surface area contributed by atoms with Crippen molar-refractivity contribution in [2.24, 2.45) is 0 Å². The molecule has 0 atom stereocenters. The number of anilines is 1. The molecule has 0 bridgehead atoms. The Morgan fingerprint density at radius 3 is 2.08 bits per heavy atom. The minimum absolute atomic E-state index is 0.0838. The second-order valence-corrected chi connectivity index (χ2v) is 8.33. The topological polar surface area (TPSA) is 83.8 Å². The van der Waals surface area contributed by atoms with Gasteiger partial charge in [-0.05, 0) is 31.7 Å². The van der Waals surface area contributed by atoms with Crippen molar-refractivity contribution < 1.29 is 13.3 Å². The molecular weight excluding hydrogens is 330 g/mol. The molecule has 2 saturated heterocycles. The van der Waals surface area contributed by atoms with Crippen LogP contribution >= 0.6 is 0 Å². The molecule has 1 aromatic carbocycles. The minimum Gasteiger partial charge on any atom is -0.370 e. The SMILES string of the molecule is O=[N+]([O-])c1ccc(N2CCCCCC2)c(S(=O)(=O)N2CCCC2)c1. The predicted molar refractivity (Wildman–Crippen MR) is 91.8 cm³/mol. The summed E-state index contributed by atoms with van der Waals surface area (Å²) in [6.45, 7) is 2.57. The number of nitro groups is 1. The number of nitro benzene ring substituents is 1. The van der Waals surface area contributed by atoms with Gasteiger partial charge in [-0.2, -0.15) is 4.31 Å². The lowest BCUT2D eigenvalue weighted by Crippen LogP contribution is -2.31. The zero-order valence-electron chi connectivity index (χ0n) is 13.7. The zero-order chi connectivity index (χ0) is 17.2. The monoisotopic (exact) mass is 353 g/mol. The predicted octanol–water partition coefficient (Wildman–Crippen LogP) is 2.76. The number of rotatable bonds is 4. The van der Waals surface area contributed by atoms with Crippen LogP contribution in [-0.4, -0.2) is 43.8 Å². The molecule has 2 fully saturated rings. The van der Waals surface area contributed by atoms with Crippen LogP contribution in [0.15, 0.2) is 23.1 Å². The third kappa shape index (κ3) is 3.39. The van der Waals surface area contributed by atoms with E-state index < -0.39 is 14.9 Å². The van der Waals surface area contributed by atoms with Gasteiger partial charge in [0.2, 0.25) is 10.0 Å². The number of sulfonamides is 1. The van der Waals surface area contributed by atoms with Gasteiger partial charge in [-0.25, -0.2) is 8.42 Å². The molecule has 2 aliphatic rings. The molecule has 0 spiro atoms. The summed E-state index contributed by atoms with van der Waals surface area (Å²) in [5.41, 5.74) is 0.431. The third-order valence-electron chi connectivity index (χ3n) is 4.78. The van der Waals surface area contributed by atoms with Crippen LogP contribution < -0.4 is 4.90 Å². The number of benzene rings is 1. The Balaban J connectivity index is 2.06. The van der Waals surface area contributed by atoms with Crippen molar-refractivity contribution in [3.63, 3.8) is 0 Å². The van der Waals surface area contributed by atoms with Gasteiger partial charge in [0.25, 0.3) is 5.69 Å². The summed E-state index contributed by atoms with van der Waals surface area (Å²) in [7, 11) is -3.70. The van der Waals surface area contributed by atoms with Crippen LogP contribution in [0.4, 0.5) is 11.4 Å². The largest absolute Gasteiger partial charge is 0.370 e. The summed E-state index contributed by atoms with van der Waals surface area (Å²) in [5.74, 6) is 0. The summed E-state index contributed by atoms with van der Waals surface area (Å²) in [5, 5.41) is 11.1. The van der Waals surface area contributed by atoms with Crippen molar-refractivity contribution in [1.29, 1.82) is 0 Å². The first-order chi connectivity index (χ1) is 11.5. The molecule has 8 heteroatoms. The first-order valence-corrected chi connectivity index (χ1v) is 9.98. The highest BCUT2D eigenvalue weighted by Gasteiger charge is 2.32. The quantitative estimate of drug-likeness (QED) is 0.614. The standard InChI is InChI=1S/C16H23N3O4S/c20-19(21)14-7-8-15(17-9-3-1-2-4-10-17)16(13-14)24(22,23)18-11-5-6-12-18/h7-8,13H,1-6,9-12H2. The summed E-state index contributed by atoms with van der Waals surface area (Å²) in [6, 6.07) is 4.24. The summed E-state index contributed by atoms with van der Waals surface area (Å²) >= 11 is 0. The number of hydrogen-bond acceptors (Lipinski definition) is 5. The van der Waals surface area contributed by atoms with E-state index in [2.05, 4.69) is 4.90 Å². The Labute approximate surface area is 142 Å². The Morgan fingerprint density at radius 1 is 0.917 bits per heavy atom. The summed E-state index contributed by atoms with van der Waals surface area (Å²) in [4.78, 5) is 12.7. The molecule has 0 aliphatic carbocycles. The van der Waals surface area contributed by atoms with Crippen LogP contribution in [0.5, 0.6) is 0 Å². The van der Waals surface area contributed by atoms with Gasteiger partial charge < -0.3 is 4.90 Å². The minimum atomic E-state index is -3.70. The maximum Gasteiger partial charge on any atom is 0.270 e. The van der Waals surface area contributed by atoms with Gasteiger partial charge in [-0.1, -0.05) is 12.8 Å². The van der Waals surface area contributed by atoms with Gasteiger partial charge in [0, 0.05) is 38.3 Å². The highest BCUT2D eigenvalue weighted by atomic mass is 32.2. The van der Waals surface area contributed by atoms with E-state index in [1.165, 1.54) is 16.4 Å². The molecule has 0 unspecified atom stereocenters. The molecule has 0 aromatic heterocycles. The Hall–Kier alpha value is -1.67. The van der Waals surface area contributed by atoms with Crippen LogP contribution in [0.2, 0.25) is 0 Å². The number of non-ortho nitro benzene ring substituents is 1. The van der Waals surface area contributed by atoms with E-state index in [9.17, 15) is 18.5 Å². The molecule has 132 valence electrons. The maximum atomic E-state index is 13.0. The summed E-state index contributed by atoms with van der Waals surface area (Å²) < 4.78 is 27.5. The van der Waals surface area contributed by atoms with Crippen molar-refractivity contribution in [2.75, 3.05) is 31.1 Å². The zero-order valence-corrected chi connectivity index (χ0v) is 14.5. The molecule has 24 heavy (non-hydrogen) atoms. The second kappa shape index (κ2) is 7.06. The molecule has 2 aliphatic heterocycles. The third-order valence-corrected chi connectivity index (χ3v) is 6.71. The maximum absolute atomic E-state index is 13.0. The van der Waals surface area contributed by atoms with E-state index in [4.69, 9.17) is 0 Å². The average Bonchev–Trinajstić information content (AvgIpc) is 2.98.